The van der Waals surface area contributed by atoms with Crippen LogP contribution in [-0.2, 0) is 0 Å². The van der Waals surface area contributed by atoms with Crippen LogP contribution in [0.15, 0.2) is 12.7 Å². The van der Waals surface area contributed by atoms with Crippen LogP contribution in [-0.4, -0.2) is 39.9 Å². The zero-order valence-electron chi connectivity index (χ0n) is 6.86. The molecule has 1 fully saturated rings. The minimum atomic E-state index is -0.963. The van der Waals surface area contributed by atoms with Crippen molar-refractivity contribution in [3.63, 3.8) is 0 Å². The van der Waals surface area contributed by atoms with Crippen molar-refractivity contribution in [3.8, 4) is 0 Å². The maximum Gasteiger partial charge on any atom is 0.407 e. The number of aliphatic hydroxyl groups is 1. The van der Waals surface area contributed by atoms with Crippen LogP contribution in [0.2, 0.25) is 0 Å². The quantitative estimate of drug-likeness (QED) is 0.600. The predicted molar refractivity (Wildman–Crippen MR) is 44.0 cm³/mol. The maximum absolute atomic E-state index is 10.5. The molecule has 0 aromatic heterocycles. The highest BCUT2D eigenvalue weighted by Gasteiger charge is 2.36. The molecule has 0 bridgehead atoms. The van der Waals surface area contributed by atoms with Gasteiger partial charge in [0.05, 0.1) is 12.1 Å². The molecule has 68 valence electrons. The second-order valence-corrected chi connectivity index (χ2v) is 3.17. The molecule has 0 spiro atoms. The number of rotatable bonds is 2. The molecular weight excluding hydrogens is 158 g/mol. The maximum atomic E-state index is 10.5. The summed E-state index contributed by atoms with van der Waals surface area (Å²) < 4.78 is 0. The van der Waals surface area contributed by atoms with Crippen molar-refractivity contribution in [3.05, 3.63) is 12.7 Å². The first kappa shape index (κ1) is 9.06. The Morgan fingerprint density at radius 1 is 1.75 bits per heavy atom. The van der Waals surface area contributed by atoms with E-state index in [4.69, 9.17) is 5.11 Å². The first-order valence-electron chi connectivity index (χ1n) is 3.88. The number of β-amino-alcohol motifs (C(OH)–C–C–N with tert-alkyl or cyclic N) is 1. The number of carboxylic acid groups (broad SMARTS) is 1. The number of likely N-dealkylation sites (tertiary alicyclic amines) is 1. The van der Waals surface area contributed by atoms with Crippen LogP contribution in [0.1, 0.15) is 12.8 Å². The third-order valence-electron chi connectivity index (χ3n) is 2.13. The number of hydrogen-bond acceptors (Lipinski definition) is 2. The van der Waals surface area contributed by atoms with E-state index in [9.17, 15) is 9.90 Å². The van der Waals surface area contributed by atoms with Gasteiger partial charge < -0.3 is 15.1 Å². The third-order valence-corrected chi connectivity index (χ3v) is 2.13. The highest BCUT2D eigenvalue weighted by molar-refractivity contribution is 5.65. The average Bonchev–Trinajstić information content (AvgIpc) is 2.33. The normalized spacial score (nSPS) is 28.9. The summed E-state index contributed by atoms with van der Waals surface area (Å²) in [7, 11) is 0. The Kier molecular flexibility index (Phi) is 2.38. The van der Waals surface area contributed by atoms with E-state index in [-0.39, 0.29) is 6.54 Å². The lowest BCUT2D eigenvalue weighted by Gasteiger charge is -2.20. The van der Waals surface area contributed by atoms with E-state index < -0.39 is 11.7 Å². The highest BCUT2D eigenvalue weighted by atomic mass is 16.4. The zero-order chi connectivity index (χ0) is 9.19. The molecule has 1 aliphatic heterocycles. The Balaban J connectivity index is 2.54. The Morgan fingerprint density at radius 2 is 2.42 bits per heavy atom. The summed E-state index contributed by atoms with van der Waals surface area (Å²) in [6.07, 6.45) is 1.61. The zero-order valence-corrected chi connectivity index (χ0v) is 6.86. The van der Waals surface area contributed by atoms with Crippen molar-refractivity contribution in [2.75, 3.05) is 13.1 Å². The Hall–Kier alpha value is -1.03. The summed E-state index contributed by atoms with van der Waals surface area (Å²) in [5, 5.41) is 18.3. The molecule has 4 nitrogen and oxygen atoms in total. The van der Waals surface area contributed by atoms with Gasteiger partial charge in [-0.25, -0.2) is 4.79 Å². The largest absolute Gasteiger partial charge is 0.465 e. The molecule has 2 N–H and O–H groups in total. The molecule has 0 aromatic rings. The molecule has 0 aromatic carbocycles. The van der Waals surface area contributed by atoms with Gasteiger partial charge in [0.1, 0.15) is 0 Å². The highest BCUT2D eigenvalue weighted by Crippen LogP contribution is 2.24. The molecule has 4 heteroatoms. The van der Waals surface area contributed by atoms with Crippen molar-refractivity contribution in [2.24, 2.45) is 0 Å². The number of hydrogen-bond donors (Lipinski definition) is 2. The lowest BCUT2D eigenvalue weighted by atomic mass is 9.99. The van der Waals surface area contributed by atoms with Gasteiger partial charge in [0.15, 0.2) is 0 Å². The van der Waals surface area contributed by atoms with Crippen LogP contribution in [0.25, 0.3) is 0 Å². The van der Waals surface area contributed by atoms with Gasteiger partial charge in [-0.1, -0.05) is 6.08 Å². The minimum Gasteiger partial charge on any atom is -0.465 e. The van der Waals surface area contributed by atoms with Crippen molar-refractivity contribution < 1.29 is 15.0 Å². The molecule has 1 aliphatic rings. The molecule has 0 aliphatic carbocycles. The van der Waals surface area contributed by atoms with Crippen LogP contribution in [0.5, 0.6) is 0 Å². The van der Waals surface area contributed by atoms with Gasteiger partial charge in [0, 0.05) is 6.54 Å². The predicted octanol–water partition coefficient (Wildman–Crippen LogP) is 0.677. The van der Waals surface area contributed by atoms with E-state index >= 15 is 0 Å². The van der Waals surface area contributed by atoms with Crippen LogP contribution in [0.4, 0.5) is 4.79 Å². The summed E-state index contributed by atoms with van der Waals surface area (Å²) in [6, 6.07) is 0. The molecular formula is C8H13NO3. The summed E-state index contributed by atoms with van der Waals surface area (Å²) >= 11 is 0. The van der Waals surface area contributed by atoms with Crippen LogP contribution >= 0.6 is 0 Å². The van der Waals surface area contributed by atoms with Crippen molar-refractivity contribution in [1.82, 2.24) is 4.90 Å². The molecule has 12 heavy (non-hydrogen) atoms. The summed E-state index contributed by atoms with van der Waals surface area (Å²) in [4.78, 5) is 11.7. The smallest absolute Gasteiger partial charge is 0.407 e. The Bertz CT molecular complexity index is 204. The summed E-state index contributed by atoms with van der Waals surface area (Å²) in [6.45, 7) is 4.13. The standard InChI is InChI=1S/C8H13NO3/c1-2-3-8(12)4-5-9(6-8)7(10)11/h2,12H,1,3-6H2,(H,10,11). The first-order chi connectivity index (χ1) is 5.57. The third kappa shape index (κ3) is 1.76. The molecule has 1 unspecified atom stereocenters. The lowest BCUT2D eigenvalue weighted by molar-refractivity contribution is 0.0518. The van der Waals surface area contributed by atoms with Gasteiger partial charge in [-0.15, -0.1) is 6.58 Å². The van der Waals surface area contributed by atoms with E-state index in [1.54, 1.807) is 6.08 Å². The van der Waals surface area contributed by atoms with Gasteiger partial charge in [-0.2, -0.15) is 0 Å². The molecule has 1 heterocycles. The SMILES string of the molecule is C=CCC1(O)CCN(C(=O)O)C1. The van der Waals surface area contributed by atoms with Crippen LogP contribution in [0, 0.1) is 0 Å². The topological polar surface area (TPSA) is 60.8 Å². The van der Waals surface area contributed by atoms with Gasteiger partial charge in [-0.3, -0.25) is 0 Å². The fourth-order valence-corrected chi connectivity index (χ4v) is 1.46. The number of amides is 1. The minimum absolute atomic E-state index is 0.203. The monoisotopic (exact) mass is 171 g/mol. The molecule has 0 saturated carbocycles. The fourth-order valence-electron chi connectivity index (χ4n) is 1.46. The molecule has 1 atom stereocenters. The van der Waals surface area contributed by atoms with Gasteiger partial charge in [0.25, 0.3) is 0 Å². The van der Waals surface area contributed by atoms with Gasteiger partial charge >= 0.3 is 6.09 Å². The number of carbonyl (C=O) groups is 1. The van der Waals surface area contributed by atoms with Crippen molar-refractivity contribution in [1.29, 1.82) is 0 Å². The number of nitrogens with zero attached hydrogens (tertiary/aromatic N) is 1. The Labute approximate surface area is 71.1 Å². The second-order valence-electron chi connectivity index (χ2n) is 3.17. The van der Waals surface area contributed by atoms with E-state index in [0.717, 1.165) is 0 Å². The fraction of sp³-hybridized carbons (Fsp3) is 0.625. The molecule has 1 rings (SSSR count). The van der Waals surface area contributed by atoms with Crippen molar-refractivity contribution >= 4 is 6.09 Å². The van der Waals surface area contributed by atoms with Gasteiger partial charge in [-0.05, 0) is 12.8 Å². The summed E-state index contributed by atoms with van der Waals surface area (Å²) in [5.74, 6) is 0. The van der Waals surface area contributed by atoms with Gasteiger partial charge in [0.2, 0.25) is 0 Å². The summed E-state index contributed by atoms with van der Waals surface area (Å²) in [5.41, 5.74) is -0.875. The molecule has 0 radical (unpaired) electrons. The van der Waals surface area contributed by atoms with Crippen LogP contribution in [0.3, 0.4) is 0 Å². The average molecular weight is 171 g/mol. The van der Waals surface area contributed by atoms with E-state index in [0.29, 0.717) is 19.4 Å². The lowest BCUT2D eigenvalue weighted by Crippen LogP contribution is -2.34. The second kappa shape index (κ2) is 3.15. The van der Waals surface area contributed by atoms with E-state index in [1.807, 2.05) is 0 Å². The van der Waals surface area contributed by atoms with E-state index in [2.05, 4.69) is 6.58 Å². The van der Waals surface area contributed by atoms with Crippen molar-refractivity contribution in [2.45, 2.75) is 18.4 Å². The van der Waals surface area contributed by atoms with E-state index in [1.165, 1.54) is 4.90 Å². The molecule has 1 saturated heterocycles. The first-order valence-corrected chi connectivity index (χ1v) is 3.88. The Morgan fingerprint density at radius 3 is 2.83 bits per heavy atom. The molecule has 1 amide bonds. The van der Waals surface area contributed by atoms with Crippen LogP contribution < -0.4 is 0 Å².